The molecule has 2 heteroatoms. The summed E-state index contributed by atoms with van der Waals surface area (Å²) in [6.07, 6.45) is 3.99. The van der Waals surface area contributed by atoms with Crippen LogP contribution in [0.2, 0.25) is 0 Å². The molecule has 1 rings (SSSR count). The van der Waals surface area contributed by atoms with E-state index in [9.17, 15) is 0 Å². The number of ether oxygens (including phenoxy) is 2. The summed E-state index contributed by atoms with van der Waals surface area (Å²) in [7, 11) is 0. The van der Waals surface area contributed by atoms with Gasteiger partial charge in [0.15, 0.2) is 0 Å². The number of hydrogen-bond donors (Lipinski definition) is 0. The third kappa shape index (κ3) is 5.31. The Morgan fingerprint density at radius 1 is 1.00 bits per heavy atom. The molecule has 2 atom stereocenters. The van der Waals surface area contributed by atoms with E-state index in [-0.39, 0.29) is 5.41 Å². The summed E-state index contributed by atoms with van der Waals surface area (Å²) in [5.74, 6) is 1.47. The van der Waals surface area contributed by atoms with Crippen molar-refractivity contribution in [3.05, 3.63) is 0 Å². The van der Waals surface area contributed by atoms with Gasteiger partial charge in [-0.15, -0.1) is 0 Å². The first kappa shape index (κ1) is 14.0. The lowest BCUT2D eigenvalue weighted by atomic mass is 9.96. The molecular formula is C14H28O2. The van der Waals surface area contributed by atoms with E-state index in [4.69, 9.17) is 9.47 Å². The lowest BCUT2D eigenvalue weighted by Crippen LogP contribution is -2.23. The van der Waals surface area contributed by atoms with Crippen LogP contribution in [0.1, 0.15) is 47.0 Å². The Labute approximate surface area is 101 Å². The fourth-order valence-corrected chi connectivity index (χ4v) is 2.34. The van der Waals surface area contributed by atoms with Gasteiger partial charge in [0.2, 0.25) is 0 Å². The van der Waals surface area contributed by atoms with E-state index in [0.29, 0.717) is 0 Å². The standard InChI is InChI=1S/C14H28O2/c1-5-15-9-12-7-6-8-13(12)10-16-11-14(2,3)4/h12-13H,5-11H2,1-4H3. The van der Waals surface area contributed by atoms with Gasteiger partial charge in [0.25, 0.3) is 0 Å². The first-order chi connectivity index (χ1) is 7.53. The monoisotopic (exact) mass is 228 g/mol. The van der Waals surface area contributed by atoms with Crippen LogP contribution in [0, 0.1) is 17.3 Å². The molecule has 1 aliphatic carbocycles. The fraction of sp³-hybridized carbons (Fsp3) is 1.00. The van der Waals surface area contributed by atoms with Crippen LogP contribution in [0.3, 0.4) is 0 Å². The smallest absolute Gasteiger partial charge is 0.0514 e. The van der Waals surface area contributed by atoms with Gasteiger partial charge in [-0.3, -0.25) is 0 Å². The van der Waals surface area contributed by atoms with Crippen molar-refractivity contribution in [1.29, 1.82) is 0 Å². The summed E-state index contributed by atoms with van der Waals surface area (Å²) < 4.78 is 11.4. The molecule has 1 fully saturated rings. The highest BCUT2D eigenvalue weighted by Gasteiger charge is 2.27. The Bertz CT molecular complexity index is 184. The maximum Gasteiger partial charge on any atom is 0.0514 e. The average Bonchev–Trinajstić information content (AvgIpc) is 2.60. The summed E-state index contributed by atoms with van der Waals surface area (Å²) in [6, 6.07) is 0. The van der Waals surface area contributed by atoms with Gasteiger partial charge in [-0.05, 0) is 37.0 Å². The minimum Gasteiger partial charge on any atom is -0.381 e. The van der Waals surface area contributed by atoms with Gasteiger partial charge in [0, 0.05) is 19.8 Å². The molecule has 0 spiro atoms. The fourth-order valence-electron chi connectivity index (χ4n) is 2.34. The van der Waals surface area contributed by atoms with Crippen LogP contribution in [0.15, 0.2) is 0 Å². The van der Waals surface area contributed by atoms with Crippen molar-refractivity contribution in [1.82, 2.24) is 0 Å². The second kappa shape index (κ2) is 6.61. The third-order valence-corrected chi connectivity index (χ3v) is 3.22. The largest absolute Gasteiger partial charge is 0.381 e. The highest BCUT2D eigenvalue weighted by atomic mass is 16.5. The average molecular weight is 228 g/mol. The molecule has 2 nitrogen and oxygen atoms in total. The van der Waals surface area contributed by atoms with Gasteiger partial charge in [-0.2, -0.15) is 0 Å². The van der Waals surface area contributed by atoms with Gasteiger partial charge >= 0.3 is 0 Å². The molecule has 0 bridgehead atoms. The predicted octanol–water partition coefficient (Wildman–Crippen LogP) is 3.50. The molecular weight excluding hydrogens is 200 g/mol. The molecule has 2 unspecified atom stereocenters. The topological polar surface area (TPSA) is 18.5 Å². The highest BCUT2D eigenvalue weighted by molar-refractivity contribution is 4.77. The van der Waals surface area contributed by atoms with E-state index < -0.39 is 0 Å². The first-order valence-corrected chi connectivity index (χ1v) is 6.68. The maximum absolute atomic E-state index is 5.84. The minimum atomic E-state index is 0.286. The molecule has 0 amide bonds. The molecule has 0 radical (unpaired) electrons. The minimum absolute atomic E-state index is 0.286. The van der Waals surface area contributed by atoms with Crippen molar-refractivity contribution >= 4 is 0 Å². The summed E-state index contributed by atoms with van der Waals surface area (Å²) in [5.41, 5.74) is 0.286. The van der Waals surface area contributed by atoms with Crippen molar-refractivity contribution in [3.8, 4) is 0 Å². The van der Waals surface area contributed by atoms with Crippen LogP contribution in [0.5, 0.6) is 0 Å². The zero-order valence-corrected chi connectivity index (χ0v) is 11.4. The van der Waals surface area contributed by atoms with Crippen molar-refractivity contribution in [2.75, 3.05) is 26.4 Å². The molecule has 0 aromatic rings. The predicted molar refractivity (Wildman–Crippen MR) is 67.6 cm³/mol. The van der Waals surface area contributed by atoms with Gasteiger partial charge in [-0.25, -0.2) is 0 Å². The highest BCUT2D eigenvalue weighted by Crippen LogP contribution is 2.32. The number of hydrogen-bond acceptors (Lipinski definition) is 2. The molecule has 1 saturated carbocycles. The summed E-state index contributed by atoms with van der Waals surface area (Å²) in [6.45, 7) is 12.3. The van der Waals surface area contributed by atoms with E-state index >= 15 is 0 Å². The summed E-state index contributed by atoms with van der Waals surface area (Å²) in [5, 5.41) is 0. The molecule has 96 valence electrons. The van der Waals surface area contributed by atoms with Crippen LogP contribution in [-0.2, 0) is 9.47 Å². The van der Waals surface area contributed by atoms with Crippen LogP contribution >= 0.6 is 0 Å². The van der Waals surface area contributed by atoms with Crippen molar-refractivity contribution in [3.63, 3.8) is 0 Å². The maximum atomic E-state index is 5.84. The Morgan fingerprint density at radius 2 is 1.56 bits per heavy atom. The zero-order chi connectivity index (χ0) is 12.0. The molecule has 0 aliphatic heterocycles. The lowest BCUT2D eigenvalue weighted by molar-refractivity contribution is 0.0209. The lowest BCUT2D eigenvalue weighted by Gasteiger charge is -2.23. The van der Waals surface area contributed by atoms with Crippen LogP contribution in [-0.4, -0.2) is 26.4 Å². The molecule has 0 N–H and O–H groups in total. The number of rotatable bonds is 6. The van der Waals surface area contributed by atoms with Crippen LogP contribution in [0.4, 0.5) is 0 Å². The molecule has 1 aliphatic rings. The van der Waals surface area contributed by atoms with Crippen molar-refractivity contribution < 1.29 is 9.47 Å². The van der Waals surface area contributed by atoms with Gasteiger partial charge < -0.3 is 9.47 Å². The first-order valence-electron chi connectivity index (χ1n) is 6.68. The van der Waals surface area contributed by atoms with Gasteiger partial charge in [0.1, 0.15) is 0 Å². The molecule has 0 saturated heterocycles. The second-order valence-corrected chi connectivity index (χ2v) is 6.19. The van der Waals surface area contributed by atoms with E-state index in [1.807, 2.05) is 0 Å². The van der Waals surface area contributed by atoms with Crippen LogP contribution in [0.25, 0.3) is 0 Å². The SMILES string of the molecule is CCOCC1CCCC1COCC(C)(C)C. The van der Waals surface area contributed by atoms with Crippen LogP contribution < -0.4 is 0 Å². The Balaban J connectivity index is 2.19. The molecule has 0 aromatic heterocycles. The Kier molecular flexibility index (Phi) is 5.77. The zero-order valence-electron chi connectivity index (χ0n) is 11.4. The normalized spacial score (nSPS) is 26.2. The third-order valence-electron chi connectivity index (χ3n) is 3.22. The molecule has 0 heterocycles. The van der Waals surface area contributed by atoms with Gasteiger partial charge in [-0.1, -0.05) is 27.2 Å². The second-order valence-electron chi connectivity index (χ2n) is 6.19. The summed E-state index contributed by atoms with van der Waals surface area (Å²) >= 11 is 0. The van der Waals surface area contributed by atoms with E-state index in [1.165, 1.54) is 19.3 Å². The van der Waals surface area contributed by atoms with Gasteiger partial charge in [0.05, 0.1) is 6.61 Å². The Morgan fingerprint density at radius 3 is 2.06 bits per heavy atom. The van der Waals surface area contributed by atoms with E-state index in [0.717, 1.165) is 38.3 Å². The van der Waals surface area contributed by atoms with E-state index in [2.05, 4.69) is 27.7 Å². The summed E-state index contributed by atoms with van der Waals surface area (Å²) in [4.78, 5) is 0. The molecule has 0 aromatic carbocycles. The van der Waals surface area contributed by atoms with Crippen molar-refractivity contribution in [2.24, 2.45) is 17.3 Å². The van der Waals surface area contributed by atoms with E-state index in [1.54, 1.807) is 0 Å². The Hall–Kier alpha value is -0.0800. The molecule has 16 heavy (non-hydrogen) atoms. The quantitative estimate of drug-likeness (QED) is 0.692. The van der Waals surface area contributed by atoms with Crippen molar-refractivity contribution in [2.45, 2.75) is 47.0 Å².